The van der Waals surface area contributed by atoms with Crippen LogP contribution in [0.2, 0.25) is 0 Å². The lowest BCUT2D eigenvalue weighted by Gasteiger charge is -2.35. The Morgan fingerprint density at radius 2 is 1.77 bits per heavy atom. The molecule has 1 fully saturated rings. The number of hydrogen-bond donors (Lipinski definition) is 0. The highest BCUT2D eigenvalue weighted by molar-refractivity contribution is 7.91. The van der Waals surface area contributed by atoms with E-state index in [1.807, 2.05) is 6.92 Å². The van der Waals surface area contributed by atoms with Crippen LogP contribution in [0.5, 0.6) is 0 Å². The molecule has 0 spiro atoms. The Balaban J connectivity index is 2.35. The van der Waals surface area contributed by atoms with Crippen molar-refractivity contribution in [2.24, 2.45) is 11.8 Å². The summed E-state index contributed by atoms with van der Waals surface area (Å²) in [5.74, 6) is 0.817. The highest BCUT2D eigenvalue weighted by Gasteiger charge is 2.29. The summed E-state index contributed by atoms with van der Waals surface area (Å²) in [7, 11) is -3.40. The van der Waals surface area contributed by atoms with Crippen molar-refractivity contribution in [2.75, 3.05) is 18.8 Å². The predicted octanol–water partition coefficient (Wildman–Crippen LogP) is 2.99. The van der Waals surface area contributed by atoms with Crippen LogP contribution < -0.4 is 0 Å². The summed E-state index contributed by atoms with van der Waals surface area (Å²) in [6.45, 7) is 7.50. The van der Waals surface area contributed by atoms with Gasteiger partial charge in [-0.2, -0.15) is 0 Å². The summed E-state index contributed by atoms with van der Waals surface area (Å²) >= 11 is 0. The third-order valence-corrected chi connectivity index (χ3v) is 6.05. The van der Waals surface area contributed by atoms with E-state index >= 15 is 0 Å². The van der Waals surface area contributed by atoms with Gasteiger partial charge in [-0.3, -0.25) is 4.79 Å². The van der Waals surface area contributed by atoms with Gasteiger partial charge in [0, 0.05) is 13.1 Å². The summed E-state index contributed by atoms with van der Waals surface area (Å²) in [5, 5.41) is 0. The number of piperidine rings is 1. The maximum Gasteiger partial charge on any atom is 0.255 e. The second-order valence-electron chi connectivity index (χ2n) is 6.47. The van der Waals surface area contributed by atoms with E-state index in [-0.39, 0.29) is 16.6 Å². The number of nitrogens with zero attached hydrogens (tertiary/aromatic N) is 1. The van der Waals surface area contributed by atoms with Crippen LogP contribution in [0.3, 0.4) is 0 Å². The molecule has 1 saturated heterocycles. The molecule has 0 radical (unpaired) electrons. The summed E-state index contributed by atoms with van der Waals surface area (Å²) in [6, 6.07) is 6.60. The molecule has 1 aromatic rings. The number of likely N-dealkylation sites (tertiary alicyclic amines) is 1. The summed E-state index contributed by atoms with van der Waals surface area (Å²) < 4.78 is 24.8. The molecule has 0 aromatic heterocycles. The van der Waals surface area contributed by atoms with Crippen molar-refractivity contribution >= 4 is 15.7 Å². The van der Waals surface area contributed by atoms with E-state index < -0.39 is 9.84 Å². The third-order valence-electron chi connectivity index (χ3n) is 4.08. The van der Waals surface area contributed by atoms with Crippen molar-refractivity contribution in [3.05, 3.63) is 29.8 Å². The van der Waals surface area contributed by atoms with Crippen LogP contribution in [0, 0.1) is 11.8 Å². The average Bonchev–Trinajstić information content (AvgIpc) is 2.45. The summed E-state index contributed by atoms with van der Waals surface area (Å²) in [6.07, 6.45) is 1.65. The lowest BCUT2D eigenvalue weighted by Crippen LogP contribution is -2.43. The standard InChI is InChI=1S/C17H25NO3S/c1-4-9-22(20,21)16-8-6-5-7-15(16)17(19)18-11-13(2)10-14(3)12-18/h5-8,13-14H,4,9-12H2,1-3H3. The van der Waals surface area contributed by atoms with Gasteiger partial charge in [0.15, 0.2) is 9.84 Å². The van der Waals surface area contributed by atoms with Crippen LogP contribution in [0.25, 0.3) is 0 Å². The molecule has 22 heavy (non-hydrogen) atoms. The molecule has 2 atom stereocenters. The molecular formula is C17H25NO3S. The fourth-order valence-electron chi connectivity index (χ4n) is 3.29. The van der Waals surface area contributed by atoms with Crippen molar-refractivity contribution in [2.45, 2.75) is 38.5 Å². The van der Waals surface area contributed by atoms with Gasteiger partial charge in [0.25, 0.3) is 5.91 Å². The SMILES string of the molecule is CCCS(=O)(=O)c1ccccc1C(=O)N1CC(C)CC(C)C1. The zero-order valence-corrected chi connectivity index (χ0v) is 14.4. The van der Waals surface area contributed by atoms with Crippen LogP contribution in [0.4, 0.5) is 0 Å². The molecule has 122 valence electrons. The Hall–Kier alpha value is -1.36. The molecule has 1 aromatic carbocycles. The molecule has 1 aliphatic heterocycles. The van der Waals surface area contributed by atoms with Gasteiger partial charge in [-0.25, -0.2) is 8.42 Å². The number of benzene rings is 1. The minimum absolute atomic E-state index is 0.0735. The van der Waals surface area contributed by atoms with E-state index in [9.17, 15) is 13.2 Å². The molecule has 1 heterocycles. The zero-order chi connectivity index (χ0) is 16.3. The van der Waals surface area contributed by atoms with Crippen molar-refractivity contribution in [3.8, 4) is 0 Å². The number of carbonyl (C=O) groups excluding carboxylic acids is 1. The van der Waals surface area contributed by atoms with Gasteiger partial charge in [-0.15, -0.1) is 0 Å². The van der Waals surface area contributed by atoms with Gasteiger partial charge >= 0.3 is 0 Å². The van der Waals surface area contributed by atoms with Crippen molar-refractivity contribution < 1.29 is 13.2 Å². The monoisotopic (exact) mass is 323 g/mol. The van der Waals surface area contributed by atoms with E-state index in [1.54, 1.807) is 29.2 Å². The highest BCUT2D eigenvalue weighted by atomic mass is 32.2. The van der Waals surface area contributed by atoms with Crippen molar-refractivity contribution in [1.29, 1.82) is 0 Å². The Labute approximate surface area is 133 Å². The molecule has 5 heteroatoms. The molecule has 0 N–H and O–H groups in total. The Morgan fingerprint density at radius 3 is 2.36 bits per heavy atom. The van der Waals surface area contributed by atoms with Crippen molar-refractivity contribution in [1.82, 2.24) is 4.90 Å². The maximum atomic E-state index is 12.8. The topological polar surface area (TPSA) is 54.5 Å². The normalized spacial score (nSPS) is 22.6. The van der Waals surface area contributed by atoms with Gasteiger partial charge < -0.3 is 4.90 Å². The third kappa shape index (κ3) is 3.69. The number of sulfone groups is 1. The first-order valence-electron chi connectivity index (χ1n) is 7.96. The van der Waals surface area contributed by atoms with Gasteiger partial charge in [0.05, 0.1) is 16.2 Å². The van der Waals surface area contributed by atoms with Crippen molar-refractivity contribution in [3.63, 3.8) is 0 Å². The van der Waals surface area contributed by atoms with Gasteiger partial charge in [0.1, 0.15) is 0 Å². The Bertz CT molecular complexity index is 629. The number of hydrogen-bond acceptors (Lipinski definition) is 3. The summed E-state index contributed by atoms with van der Waals surface area (Å²) in [4.78, 5) is 14.8. The van der Waals surface area contributed by atoms with E-state index in [0.717, 1.165) is 6.42 Å². The van der Waals surface area contributed by atoms with Crippen LogP contribution in [0.1, 0.15) is 44.0 Å². The Kier molecular flexibility index (Phi) is 5.27. The van der Waals surface area contributed by atoms with Gasteiger partial charge in [0.2, 0.25) is 0 Å². The first-order valence-corrected chi connectivity index (χ1v) is 9.61. The fraction of sp³-hybridized carbons (Fsp3) is 0.588. The fourth-order valence-corrected chi connectivity index (χ4v) is 4.83. The first kappa shape index (κ1) is 17.0. The number of rotatable bonds is 4. The largest absolute Gasteiger partial charge is 0.338 e. The zero-order valence-electron chi connectivity index (χ0n) is 13.6. The minimum Gasteiger partial charge on any atom is -0.338 e. The number of amides is 1. The lowest BCUT2D eigenvalue weighted by molar-refractivity contribution is 0.0619. The molecular weight excluding hydrogens is 298 g/mol. The number of carbonyl (C=O) groups is 1. The Morgan fingerprint density at radius 1 is 1.18 bits per heavy atom. The van der Waals surface area contributed by atoms with Gasteiger partial charge in [-0.1, -0.05) is 32.9 Å². The smallest absolute Gasteiger partial charge is 0.255 e. The molecule has 0 saturated carbocycles. The highest BCUT2D eigenvalue weighted by Crippen LogP contribution is 2.25. The molecule has 0 aliphatic carbocycles. The maximum absolute atomic E-state index is 12.8. The summed E-state index contributed by atoms with van der Waals surface area (Å²) in [5.41, 5.74) is 0.317. The van der Waals surface area contributed by atoms with Crippen LogP contribution >= 0.6 is 0 Å². The second kappa shape index (κ2) is 6.82. The van der Waals surface area contributed by atoms with E-state index in [2.05, 4.69) is 13.8 Å². The van der Waals surface area contributed by atoms with Gasteiger partial charge in [-0.05, 0) is 36.8 Å². The lowest BCUT2D eigenvalue weighted by atomic mass is 9.91. The quantitative estimate of drug-likeness (QED) is 0.856. The molecule has 4 nitrogen and oxygen atoms in total. The van der Waals surface area contributed by atoms with E-state index in [0.29, 0.717) is 36.9 Å². The van der Waals surface area contributed by atoms with Crippen LogP contribution in [-0.2, 0) is 9.84 Å². The average molecular weight is 323 g/mol. The minimum atomic E-state index is -3.40. The van der Waals surface area contributed by atoms with E-state index in [4.69, 9.17) is 0 Å². The van der Waals surface area contributed by atoms with Crippen LogP contribution in [-0.4, -0.2) is 38.1 Å². The molecule has 1 amide bonds. The molecule has 2 unspecified atom stereocenters. The molecule has 1 aliphatic rings. The van der Waals surface area contributed by atoms with E-state index in [1.165, 1.54) is 0 Å². The molecule has 0 bridgehead atoms. The second-order valence-corrected chi connectivity index (χ2v) is 8.55. The molecule has 2 rings (SSSR count). The van der Waals surface area contributed by atoms with Crippen LogP contribution in [0.15, 0.2) is 29.2 Å². The first-order chi connectivity index (χ1) is 10.3. The predicted molar refractivity (Wildman–Crippen MR) is 87.6 cm³/mol.